The van der Waals surface area contributed by atoms with E-state index < -0.39 is 20.2 Å². The van der Waals surface area contributed by atoms with Gasteiger partial charge in [-0.05, 0) is 18.2 Å². The van der Waals surface area contributed by atoms with Crippen LogP contribution in [0.2, 0.25) is 0 Å². The third kappa shape index (κ3) is 2.29. The first-order valence-electron chi connectivity index (χ1n) is 3.78. The summed E-state index contributed by atoms with van der Waals surface area (Å²) in [5.74, 6) is 0. The van der Waals surface area contributed by atoms with Gasteiger partial charge in [0, 0.05) is 0 Å². The lowest BCUT2D eigenvalue weighted by atomic mass is 10.3. The average molecular weight is 251 g/mol. The fraction of sp³-hybridized carbons (Fsp3) is 0.125. The number of sulfone groups is 1. The van der Waals surface area contributed by atoms with Crippen LogP contribution in [0.15, 0.2) is 34.2 Å². The molecule has 16 heavy (non-hydrogen) atoms. The molecule has 0 aliphatic rings. The molecule has 4 nitrogen and oxygen atoms in total. The average Bonchev–Trinajstić information content (AvgIpc) is 2.17. The van der Waals surface area contributed by atoms with Gasteiger partial charge in [-0.15, -0.1) is 0 Å². The fourth-order valence-corrected chi connectivity index (χ4v) is 1.71. The van der Waals surface area contributed by atoms with E-state index in [0.717, 1.165) is 18.2 Å². The third-order valence-electron chi connectivity index (χ3n) is 1.61. The molecule has 0 saturated carbocycles. The van der Waals surface area contributed by atoms with E-state index in [-0.39, 0.29) is 5.69 Å². The Morgan fingerprint density at radius 2 is 1.88 bits per heavy atom. The second-order valence-corrected chi connectivity index (χ2v) is 4.59. The Morgan fingerprint density at radius 3 is 2.38 bits per heavy atom. The van der Waals surface area contributed by atoms with Crippen LogP contribution >= 0.6 is 0 Å². The first-order valence-corrected chi connectivity index (χ1v) is 5.26. The van der Waals surface area contributed by atoms with Gasteiger partial charge in [0.25, 0.3) is 9.84 Å². The van der Waals surface area contributed by atoms with Gasteiger partial charge in [0.05, 0.1) is 10.6 Å². The molecule has 0 heterocycles. The zero-order valence-electron chi connectivity index (χ0n) is 7.52. The lowest BCUT2D eigenvalue weighted by Gasteiger charge is -2.07. The maximum Gasteiger partial charge on any atom is 0.501 e. The molecule has 1 aromatic rings. The van der Waals surface area contributed by atoms with E-state index in [1.165, 1.54) is 6.07 Å². The smallest absolute Gasteiger partial charge is 0.214 e. The predicted molar refractivity (Wildman–Crippen MR) is 47.5 cm³/mol. The molecule has 0 spiro atoms. The van der Waals surface area contributed by atoms with Crippen molar-refractivity contribution in [3.05, 3.63) is 24.3 Å². The predicted octanol–water partition coefficient (Wildman–Crippen LogP) is 1.95. The lowest BCUT2D eigenvalue weighted by molar-refractivity contribution is -0.0435. The second-order valence-electron chi connectivity index (χ2n) is 2.65. The summed E-state index contributed by atoms with van der Waals surface area (Å²) in [6.45, 7) is 0. The van der Waals surface area contributed by atoms with Crippen molar-refractivity contribution in [1.29, 1.82) is 0 Å². The van der Waals surface area contributed by atoms with Crippen molar-refractivity contribution in [3.63, 3.8) is 0 Å². The van der Waals surface area contributed by atoms with Crippen molar-refractivity contribution in [2.45, 2.75) is 10.4 Å². The van der Waals surface area contributed by atoms with Gasteiger partial charge in [0.2, 0.25) is 6.08 Å². The largest absolute Gasteiger partial charge is 0.501 e. The molecule has 0 aliphatic carbocycles. The van der Waals surface area contributed by atoms with Crippen LogP contribution in [-0.4, -0.2) is 20.0 Å². The fourth-order valence-electron chi connectivity index (χ4n) is 0.907. The van der Waals surface area contributed by atoms with E-state index in [0.29, 0.717) is 6.07 Å². The Bertz CT molecular complexity index is 544. The van der Waals surface area contributed by atoms with Crippen LogP contribution in [0.5, 0.6) is 0 Å². The van der Waals surface area contributed by atoms with Gasteiger partial charge in [-0.1, -0.05) is 6.07 Å². The number of carbonyl (C=O) groups excluding carboxylic acids is 1. The van der Waals surface area contributed by atoms with Crippen LogP contribution in [-0.2, 0) is 14.6 Å². The molecule has 0 saturated heterocycles. The summed E-state index contributed by atoms with van der Waals surface area (Å²) in [6, 6.07) is 3.65. The summed E-state index contributed by atoms with van der Waals surface area (Å²) in [4.78, 5) is 11.9. The van der Waals surface area contributed by atoms with E-state index in [1.54, 1.807) is 0 Å². The number of nitrogens with zero attached hydrogens (tertiary/aromatic N) is 1. The first kappa shape index (κ1) is 12.4. The minimum absolute atomic E-state index is 0.208. The normalized spacial score (nSPS) is 11.9. The maximum atomic E-state index is 12.1. The van der Waals surface area contributed by atoms with Crippen LogP contribution in [0.1, 0.15) is 0 Å². The number of hydrogen-bond donors (Lipinski definition) is 0. The Labute approximate surface area is 88.3 Å². The molecular weight excluding hydrogens is 247 g/mol. The highest BCUT2D eigenvalue weighted by Crippen LogP contribution is 2.31. The number of rotatable bonds is 2. The Morgan fingerprint density at radius 1 is 1.25 bits per heavy atom. The monoisotopic (exact) mass is 251 g/mol. The molecule has 1 aromatic carbocycles. The quantitative estimate of drug-likeness (QED) is 0.596. The van der Waals surface area contributed by atoms with E-state index in [1.807, 2.05) is 0 Å². The Balaban J connectivity index is 3.36. The number of hydrogen-bond acceptors (Lipinski definition) is 4. The van der Waals surface area contributed by atoms with E-state index in [9.17, 15) is 26.4 Å². The highest BCUT2D eigenvalue weighted by Gasteiger charge is 2.46. The molecule has 0 N–H and O–H groups in total. The standard InChI is InChI=1S/C8H4F3NO3S/c9-8(10,11)16(14,15)7-3-1-2-6(4-7)12-5-13/h1-4H. The van der Waals surface area contributed by atoms with Gasteiger partial charge in [-0.2, -0.15) is 18.2 Å². The van der Waals surface area contributed by atoms with Gasteiger partial charge in [0.15, 0.2) is 0 Å². The third-order valence-corrected chi connectivity index (χ3v) is 3.09. The van der Waals surface area contributed by atoms with Gasteiger partial charge >= 0.3 is 5.51 Å². The van der Waals surface area contributed by atoms with Gasteiger partial charge in [-0.25, -0.2) is 13.2 Å². The molecule has 0 amide bonds. The number of isocyanates is 1. The molecule has 0 fully saturated rings. The number of benzene rings is 1. The van der Waals surface area contributed by atoms with Gasteiger partial charge < -0.3 is 0 Å². The molecule has 0 unspecified atom stereocenters. The Hall–Kier alpha value is -1.66. The highest BCUT2D eigenvalue weighted by atomic mass is 32.2. The minimum atomic E-state index is -5.41. The van der Waals surface area contributed by atoms with E-state index >= 15 is 0 Å². The molecule has 0 bridgehead atoms. The van der Waals surface area contributed by atoms with Crippen molar-refractivity contribution in [2.75, 3.05) is 0 Å². The van der Waals surface area contributed by atoms with Crippen LogP contribution in [0.25, 0.3) is 0 Å². The molecule has 0 radical (unpaired) electrons. The summed E-state index contributed by atoms with van der Waals surface area (Å²) >= 11 is 0. The Kier molecular flexibility index (Phi) is 3.16. The molecular formula is C8H4F3NO3S. The molecule has 1 rings (SSSR count). The zero-order valence-corrected chi connectivity index (χ0v) is 8.34. The maximum absolute atomic E-state index is 12.1. The van der Waals surface area contributed by atoms with Crippen LogP contribution < -0.4 is 0 Å². The molecule has 0 atom stereocenters. The SMILES string of the molecule is O=C=Nc1cccc(S(=O)(=O)C(F)(F)F)c1. The summed E-state index contributed by atoms with van der Waals surface area (Å²) < 4.78 is 58.3. The van der Waals surface area contributed by atoms with E-state index in [2.05, 4.69) is 4.99 Å². The summed E-state index contributed by atoms with van der Waals surface area (Å²) in [5.41, 5.74) is -5.59. The topological polar surface area (TPSA) is 63.6 Å². The molecule has 86 valence electrons. The van der Waals surface area contributed by atoms with Crippen LogP contribution in [0.4, 0.5) is 18.9 Å². The van der Waals surface area contributed by atoms with Crippen molar-refractivity contribution >= 4 is 21.6 Å². The summed E-state index contributed by atoms with van der Waals surface area (Å²) in [7, 11) is -5.41. The van der Waals surface area contributed by atoms with E-state index in [4.69, 9.17) is 0 Å². The highest BCUT2D eigenvalue weighted by molar-refractivity contribution is 7.92. The van der Waals surface area contributed by atoms with Crippen molar-refractivity contribution in [1.82, 2.24) is 0 Å². The number of aliphatic imine (C=N–C) groups is 1. The number of halogens is 3. The lowest BCUT2D eigenvalue weighted by Crippen LogP contribution is -2.23. The first-order chi connectivity index (χ1) is 7.29. The molecule has 8 heteroatoms. The van der Waals surface area contributed by atoms with Crippen LogP contribution in [0.3, 0.4) is 0 Å². The molecule has 0 aliphatic heterocycles. The van der Waals surface area contributed by atoms with Crippen molar-refractivity contribution < 1.29 is 26.4 Å². The number of alkyl halides is 3. The van der Waals surface area contributed by atoms with Gasteiger partial charge in [-0.3, -0.25) is 0 Å². The summed E-state index contributed by atoms with van der Waals surface area (Å²) in [6.07, 6.45) is 1.10. The zero-order chi connectivity index (χ0) is 12.4. The minimum Gasteiger partial charge on any atom is -0.214 e. The van der Waals surface area contributed by atoms with Gasteiger partial charge in [0.1, 0.15) is 0 Å². The molecule has 0 aromatic heterocycles. The summed E-state index contributed by atoms with van der Waals surface area (Å²) in [5, 5.41) is 0. The second kappa shape index (κ2) is 4.07. The van der Waals surface area contributed by atoms with Crippen molar-refractivity contribution in [3.8, 4) is 0 Å². The van der Waals surface area contributed by atoms with Crippen LogP contribution in [0, 0.1) is 0 Å². The van der Waals surface area contributed by atoms with Crippen molar-refractivity contribution in [2.24, 2.45) is 4.99 Å².